The summed E-state index contributed by atoms with van der Waals surface area (Å²) in [5, 5.41) is 4.65. The molecule has 0 spiro atoms. The van der Waals surface area contributed by atoms with Gasteiger partial charge in [-0.05, 0) is 59.1 Å². The standard InChI is InChI=1S/C19H22BrCl2NO2/c1-4-12(2)23-10-13-7-16(20)19(18(8-13)24-3)25-11-14-5-6-15(21)9-17(14)22/h5-9,12,23H,4,10-11H2,1-3H3/t12-/m1/s1. The minimum absolute atomic E-state index is 0.329. The number of nitrogens with one attached hydrogen (secondary N) is 1. The highest BCUT2D eigenvalue weighted by Gasteiger charge is 2.13. The minimum atomic E-state index is 0.329. The van der Waals surface area contributed by atoms with E-state index in [1.807, 2.05) is 18.2 Å². The Kier molecular flexibility index (Phi) is 7.88. The van der Waals surface area contributed by atoms with Crippen molar-refractivity contribution in [2.75, 3.05) is 7.11 Å². The molecule has 3 nitrogen and oxygen atoms in total. The third kappa shape index (κ3) is 5.78. The number of methoxy groups -OCH3 is 1. The van der Waals surface area contributed by atoms with E-state index in [2.05, 4.69) is 35.1 Å². The average molecular weight is 447 g/mol. The summed E-state index contributed by atoms with van der Waals surface area (Å²) in [5.41, 5.74) is 1.99. The highest BCUT2D eigenvalue weighted by atomic mass is 79.9. The van der Waals surface area contributed by atoms with Crippen molar-refractivity contribution < 1.29 is 9.47 Å². The van der Waals surface area contributed by atoms with Gasteiger partial charge >= 0.3 is 0 Å². The molecular weight excluding hydrogens is 425 g/mol. The summed E-state index contributed by atoms with van der Waals surface area (Å²) in [4.78, 5) is 0. The third-order valence-electron chi connectivity index (χ3n) is 3.94. The van der Waals surface area contributed by atoms with Crippen LogP contribution < -0.4 is 14.8 Å². The Morgan fingerprint density at radius 3 is 2.60 bits per heavy atom. The molecule has 1 atom stereocenters. The van der Waals surface area contributed by atoms with E-state index in [9.17, 15) is 0 Å². The first-order valence-electron chi connectivity index (χ1n) is 8.11. The van der Waals surface area contributed by atoms with Gasteiger partial charge in [0.15, 0.2) is 11.5 Å². The lowest BCUT2D eigenvalue weighted by Crippen LogP contribution is -2.24. The first-order chi connectivity index (χ1) is 11.9. The fourth-order valence-electron chi connectivity index (χ4n) is 2.24. The Labute approximate surface area is 167 Å². The van der Waals surface area contributed by atoms with Crippen LogP contribution in [-0.2, 0) is 13.2 Å². The van der Waals surface area contributed by atoms with Crippen molar-refractivity contribution in [1.29, 1.82) is 0 Å². The molecule has 2 rings (SSSR count). The van der Waals surface area contributed by atoms with Gasteiger partial charge in [-0.25, -0.2) is 0 Å². The van der Waals surface area contributed by atoms with Gasteiger partial charge in [0.1, 0.15) is 6.61 Å². The Morgan fingerprint density at radius 2 is 1.96 bits per heavy atom. The molecule has 0 aromatic heterocycles. The molecule has 0 bridgehead atoms. The predicted octanol–water partition coefficient (Wildman–Crippen LogP) is 6.23. The summed E-state index contributed by atoms with van der Waals surface area (Å²) in [6, 6.07) is 9.85. The Balaban J connectivity index is 2.14. The molecule has 0 heterocycles. The van der Waals surface area contributed by atoms with Crippen molar-refractivity contribution in [3.05, 3.63) is 56.0 Å². The van der Waals surface area contributed by atoms with Gasteiger partial charge in [0.05, 0.1) is 11.6 Å². The van der Waals surface area contributed by atoms with Crippen LogP contribution in [-0.4, -0.2) is 13.2 Å². The molecule has 0 saturated heterocycles. The van der Waals surface area contributed by atoms with Crippen LogP contribution in [0, 0.1) is 0 Å². The predicted molar refractivity (Wildman–Crippen MR) is 108 cm³/mol. The van der Waals surface area contributed by atoms with Gasteiger partial charge in [0.2, 0.25) is 0 Å². The molecule has 0 aliphatic carbocycles. The molecular formula is C19H22BrCl2NO2. The zero-order chi connectivity index (χ0) is 18.4. The summed E-state index contributed by atoms with van der Waals surface area (Å²) in [5.74, 6) is 1.33. The van der Waals surface area contributed by atoms with E-state index in [1.54, 1.807) is 19.2 Å². The molecule has 6 heteroatoms. The maximum Gasteiger partial charge on any atom is 0.175 e. The minimum Gasteiger partial charge on any atom is -0.493 e. The molecule has 0 aliphatic heterocycles. The van der Waals surface area contributed by atoms with Gasteiger partial charge in [-0.2, -0.15) is 0 Å². The highest BCUT2D eigenvalue weighted by Crippen LogP contribution is 2.37. The Bertz CT molecular complexity index is 725. The molecule has 0 unspecified atom stereocenters. The van der Waals surface area contributed by atoms with Gasteiger partial charge in [0.25, 0.3) is 0 Å². The lowest BCUT2D eigenvalue weighted by atomic mass is 10.1. The molecule has 2 aromatic carbocycles. The smallest absolute Gasteiger partial charge is 0.175 e. The first kappa shape index (κ1) is 20.4. The van der Waals surface area contributed by atoms with Crippen LogP contribution in [0.25, 0.3) is 0 Å². The lowest BCUT2D eigenvalue weighted by Gasteiger charge is -2.16. The average Bonchev–Trinajstić information content (AvgIpc) is 2.59. The lowest BCUT2D eigenvalue weighted by molar-refractivity contribution is 0.282. The zero-order valence-corrected chi connectivity index (χ0v) is 17.6. The fraction of sp³-hybridized carbons (Fsp3) is 0.368. The van der Waals surface area contributed by atoms with Gasteiger partial charge in [-0.15, -0.1) is 0 Å². The van der Waals surface area contributed by atoms with Crippen molar-refractivity contribution in [2.45, 2.75) is 39.5 Å². The molecule has 1 N–H and O–H groups in total. The van der Waals surface area contributed by atoms with Gasteiger partial charge in [0, 0.05) is 28.2 Å². The number of ether oxygens (including phenoxy) is 2. The molecule has 25 heavy (non-hydrogen) atoms. The van der Waals surface area contributed by atoms with Gasteiger partial charge in [-0.1, -0.05) is 36.2 Å². The number of halogens is 3. The molecule has 0 aliphatic rings. The largest absolute Gasteiger partial charge is 0.493 e. The number of hydrogen-bond donors (Lipinski definition) is 1. The van der Waals surface area contributed by atoms with Crippen LogP contribution in [0.3, 0.4) is 0 Å². The van der Waals surface area contributed by atoms with Crippen molar-refractivity contribution in [3.8, 4) is 11.5 Å². The molecule has 0 saturated carbocycles. The van der Waals surface area contributed by atoms with E-state index < -0.39 is 0 Å². The van der Waals surface area contributed by atoms with Crippen LogP contribution in [0.1, 0.15) is 31.4 Å². The molecule has 0 radical (unpaired) electrons. The zero-order valence-electron chi connectivity index (χ0n) is 14.5. The second-order valence-electron chi connectivity index (χ2n) is 5.82. The maximum atomic E-state index is 6.20. The third-order valence-corrected chi connectivity index (χ3v) is 5.12. The van der Waals surface area contributed by atoms with Crippen molar-refractivity contribution in [2.24, 2.45) is 0 Å². The van der Waals surface area contributed by atoms with Crippen LogP contribution in [0.15, 0.2) is 34.8 Å². The molecule has 0 amide bonds. The van der Waals surface area contributed by atoms with Gasteiger partial charge < -0.3 is 14.8 Å². The van der Waals surface area contributed by atoms with E-state index in [1.165, 1.54) is 0 Å². The topological polar surface area (TPSA) is 30.5 Å². The van der Waals surface area contributed by atoms with E-state index in [0.717, 1.165) is 28.6 Å². The number of rotatable bonds is 8. The summed E-state index contributed by atoms with van der Waals surface area (Å²) < 4.78 is 12.3. The van der Waals surface area contributed by atoms with Gasteiger partial charge in [-0.3, -0.25) is 0 Å². The quantitative estimate of drug-likeness (QED) is 0.521. The van der Waals surface area contributed by atoms with Crippen molar-refractivity contribution in [3.63, 3.8) is 0 Å². The monoisotopic (exact) mass is 445 g/mol. The Hall–Kier alpha value is -0.940. The highest BCUT2D eigenvalue weighted by molar-refractivity contribution is 9.10. The SMILES string of the molecule is CC[C@@H](C)NCc1cc(Br)c(OCc2ccc(Cl)cc2Cl)c(OC)c1. The van der Waals surface area contributed by atoms with E-state index >= 15 is 0 Å². The molecule has 2 aromatic rings. The number of hydrogen-bond acceptors (Lipinski definition) is 3. The Morgan fingerprint density at radius 1 is 1.20 bits per heavy atom. The molecule has 136 valence electrons. The van der Waals surface area contributed by atoms with E-state index in [-0.39, 0.29) is 0 Å². The molecule has 0 fully saturated rings. The van der Waals surface area contributed by atoms with Crippen LogP contribution in [0.4, 0.5) is 0 Å². The second-order valence-corrected chi connectivity index (χ2v) is 7.52. The maximum absolute atomic E-state index is 6.20. The number of benzene rings is 2. The summed E-state index contributed by atoms with van der Waals surface area (Å²) in [6.45, 7) is 5.43. The van der Waals surface area contributed by atoms with Crippen LogP contribution in [0.5, 0.6) is 11.5 Å². The summed E-state index contributed by atoms with van der Waals surface area (Å²) in [7, 11) is 1.63. The summed E-state index contributed by atoms with van der Waals surface area (Å²) >= 11 is 15.7. The van der Waals surface area contributed by atoms with Crippen LogP contribution >= 0.6 is 39.1 Å². The first-order valence-corrected chi connectivity index (χ1v) is 9.66. The van der Waals surface area contributed by atoms with Crippen molar-refractivity contribution >= 4 is 39.1 Å². The van der Waals surface area contributed by atoms with Crippen LogP contribution in [0.2, 0.25) is 10.0 Å². The second kappa shape index (κ2) is 9.67. The fourth-order valence-corrected chi connectivity index (χ4v) is 3.31. The van der Waals surface area contributed by atoms with E-state index in [4.69, 9.17) is 32.7 Å². The van der Waals surface area contributed by atoms with E-state index in [0.29, 0.717) is 34.2 Å². The van der Waals surface area contributed by atoms with Crippen molar-refractivity contribution in [1.82, 2.24) is 5.32 Å². The normalized spacial score (nSPS) is 12.1. The summed E-state index contributed by atoms with van der Waals surface area (Å²) in [6.07, 6.45) is 1.08.